The van der Waals surface area contributed by atoms with Crippen molar-refractivity contribution in [3.63, 3.8) is 0 Å². The van der Waals surface area contributed by atoms with E-state index in [0.717, 1.165) is 12.4 Å². The fraction of sp³-hybridized carbons (Fsp3) is 0.296. The van der Waals surface area contributed by atoms with E-state index in [9.17, 15) is 18.8 Å². The highest BCUT2D eigenvalue weighted by atomic mass is 19.1. The molecular formula is C27H24FN3O4. The summed E-state index contributed by atoms with van der Waals surface area (Å²) in [7, 11) is 1.48. The molecule has 3 aromatic rings. The molecule has 35 heavy (non-hydrogen) atoms. The summed E-state index contributed by atoms with van der Waals surface area (Å²) < 4.78 is 18.8. The zero-order valence-electron chi connectivity index (χ0n) is 19.5. The van der Waals surface area contributed by atoms with Crippen molar-refractivity contribution < 1.29 is 23.5 Å². The van der Waals surface area contributed by atoms with E-state index in [4.69, 9.17) is 4.74 Å². The third-order valence-electron chi connectivity index (χ3n) is 6.84. The molecule has 1 aromatic heterocycles. The van der Waals surface area contributed by atoms with Gasteiger partial charge in [-0.3, -0.25) is 14.4 Å². The average molecular weight is 474 g/mol. The fourth-order valence-corrected chi connectivity index (χ4v) is 5.30. The van der Waals surface area contributed by atoms with Crippen LogP contribution in [0.2, 0.25) is 0 Å². The molecule has 0 atom stereocenters. The highest BCUT2D eigenvalue weighted by molar-refractivity contribution is 6.11. The van der Waals surface area contributed by atoms with E-state index in [2.05, 4.69) is 9.97 Å². The lowest BCUT2D eigenvalue weighted by Crippen LogP contribution is -2.62. The van der Waals surface area contributed by atoms with Gasteiger partial charge >= 0.3 is 0 Å². The van der Waals surface area contributed by atoms with Crippen molar-refractivity contribution in [3.05, 3.63) is 77.4 Å². The third-order valence-corrected chi connectivity index (χ3v) is 6.84. The Morgan fingerprint density at radius 1 is 1.06 bits per heavy atom. The van der Waals surface area contributed by atoms with Crippen LogP contribution >= 0.6 is 0 Å². The third kappa shape index (κ3) is 4.09. The summed E-state index contributed by atoms with van der Waals surface area (Å²) in [6, 6.07) is 12.4. The number of halogens is 1. The van der Waals surface area contributed by atoms with Crippen molar-refractivity contribution in [2.24, 2.45) is 5.41 Å². The van der Waals surface area contributed by atoms with Crippen molar-refractivity contribution in [3.8, 4) is 17.1 Å². The SMILES string of the molecule is COc1cc(-c2ncc(F)cn2)cc(C)c1C1C(=O)CC2(CC1=O)CN(C(=O)c1ccccc1)C2. The monoisotopic (exact) mass is 473 g/mol. The quantitative estimate of drug-likeness (QED) is 0.536. The molecule has 0 unspecified atom stereocenters. The minimum absolute atomic E-state index is 0.0886. The number of carbonyl (C=O) groups excluding carboxylic acids is 3. The summed E-state index contributed by atoms with van der Waals surface area (Å²) >= 11 is 0. The number of benzene rings is 2. The van der Waals surface area contributed by atoms with Gasteiger partial charge in [-0.1, -0.05) is 18.2 Å². The van der Waals surface area contributed by atoms with Crippen LogP contribution in [0, 0.1) is 18.2 Å². The molecule has 0 N–H and O–H groups in total. The van der Waals surface area contributed by atoms with Gasteiger partial charge in [-0.15, -0.1) is 0 Å². The first kappa shape index (κ1) is 22.8. The van der Waals surface area contributed by atoms with Gasteiger partial charge < -0.3 is 9.64 Å². The number of aryl methyl sites for hydroxylation is 1. The molecule has 8 heteroatoms. The van der Waals surface area contributed by atoms with Crippen molar-refractivity contribution in [2.45, 2.75) is 25.7 Å². The van der Waals surface area contributed by atoms with Crippen LogP contribution in [0.15, 0.2) is 54.9 Å². The molecule has 2 aromatic carbocycles. The lowest BCUT2D eigenvalue weighted by Gasteiger charge is -2.52. The first-order valence-electron chi connectivity index (χ1n) is 11.4. The van der Waals surface area contributed by atoms with Gasteiger partial charge in [0.1, 0.15) is 23.2 Å². The maximum atomic E-state index is 13.3. The van der Waals surface area contributed by atoms with E-state index < -0.39 is 17.2 Å². The van der Waals surface area contributed by atoms with Crippen molar-refractivity contribution in [2.75, 3.05) is 20.2 Å². The molecule has 0 bridgehead atoms. The first-order chi connectivity index (χ1) is 16.8. The maximum Gasteiger partial charge on any atom is 0.253 e. The van der Waals surface area contributed by atoms with Gasteiger partial charge in [0, 0.05) is 48.0 Å². The molecule has 1 saturated carbocycles. The Labute approximate surface area is 202 Å². The number of nitrogens with zero attached hydrogens (tertiary/aromatic N) is 3. The Kier molecular flexibility index (Phi) is 5.67. The molecule has 1 aliphatic heterocycles. The first-order valence-corrected chi connectivity index (χ1v) is 11.4. The number of hydrogen-bond acceptors (Lipinski definition) is 6. The van der Waals surface area contributed by atoms with E-state index >= 15 is 0 Å². The summed E-state index contributed by atoms with van der Waals surface area (Å²) in [4.78, 5) is 49.1. The minimum atomic E-state index is -0.919. The van der Waals surface area contributed by atoms with Gasteiger partial charge in [0.05, 0.1) is 19.5 Å². The number of ketones is 2. The van der Waals surface area contributed by atoms with Crippen LogP contribution in [0.25, 0.3) is 11.4 Å². The summed E-state index contributed by atoms with van der Waals surface area (Å²) in [5.41, 5.74) is 1.94. The van der Waals surface area contributed by atoms with Crippen LogP contribution in [0.1, 0.15) is 40.2 Å². The summed E-state index contributed by atoms with van der Waals surface area (Å²) in [6.45, 7) is 2.59. The molecule has 1 spiro atoms. The number of aromatic nitrogens is 2. The molecule has 2 aliphatic rings. The number of hydrogen-bond donors (Lipinski definition) is 0. The number of Topliss-reactive ketones (excluding diaryl/α,β-unsaturated/α-hetero) is 2. The van der Waals surface area contributed by atoms with Crippen molar-refractivity contribution in [1.82, 2.24) is 14.9 Å². The number of ether oxygens (including phenoxy) is 1. The van der Waals surface area contributed by atoms with Gasteiger partial charge in [0.25, 0.3) is 5.91 Å². The van der Waals surface area contributed by atoms with E-state index in [1.54, 1.807) is 36.1 Å². The number of rotatable bonds is 4. The molecule has 178 valence electrons. The standard InChI is InChI=1S/C27H24FN3O4/c1-16-8-18(25-29-12-19(28)13-30-25)9-22(35-2)23(16)24-20(32)10-27(11-21(24)33)14-31(15-27)26(34)17-6-4-3-5-7-17/h3-9,12-13,24H,10-11,14-15H2,1-2H3. The maximum absolute atomic E-state index is 13.3. The lowest BCUT2D eigenvalue weighted by atomic mass is 9.63. The second kappa shape index (κ2) is 8.69. The van der Waals surface area contributed by atoms with Crippen molar-refractivity contribution in [1.29, 1.82) is 0 Å². The highest BCUT2D eigenvalue weighted by Crippen LogP contribution is 2.47. The number of likely N-dealkylation sites (tertiary alicyclic amines) is 1. The molecule has 7 nitrogen and oxygen atoms in total. The average Bonchev–Trinajstić information content (AvgIpc) is 2.83. The lowest BCUT2D eigenvalue weighted by molar-refractivity contribution is -0.141. The second-order valence-electron chi connectivity index (χ2n) is 9.38. The molecule has 0 radical (unpaired) electrons. The molecule has 1 amide bonds. The van der Waals surface area contributed by atoms with Gasteiger partial charge in [-0.25, -0.2) is 14.4 Å². The van der Waals surface area contributed by atoms with E-state index in [1.165, 1.54) is 7.11 Å². The summed E-state index contributed by atoms with van der Waals surface area (Å²) in [5.74, 6) is -1.17. The zero-order valence-corrected chi connectivity index (χ0v) is 19.5. The highest BCUT2D eigenvalue weighted by Gasteiger charge is 2.53. The van der Waals surface area contributed by atoms with Crippen LogP contribution in [-0.4, -0.2) is 52.5 Å². The Hall–Kier alpha value is -3.94. The normalized spacial score (nSPS) is 17.4. The van der Waals surface area contributed by atoms with Gasteiger partial charge in [0.2, 0.25) is 0 Å². The van der Waals surface area contributed by atoms with Crippen LogP contribution in [0.5, 0.6) is 5.75 Å². The second-order valence-corrected chi connectivity index (χ2v) is 9.38. The molecular weight excluding hydrogens is 449 g/mol. The Morgan fingerprint density at radius 3 is 2.29 bits per heavy atom. The number of carbonyl (C=O) groups is 3. The predicted molar refractivity (Wildman–Crippen MR) is 125 cm³/mol. The summed E-state index contributed by atoms with van der Waals surface area (Å²) in [6.07, 6.45) is 2.62. The molecule has 1 aliphatic carbocycles. The molecule has 2 fully saturated rings. The molecule has 2 heterocycles. The van der Waals surface area contributed by atoms with Crippen LogP contribution in [0.3, 0.4) is 0 Å². The van der Waals surface area contributed by atoms with Gasteiger partial charge in [-0.05, 0) is 36.8 Å². The smallest absolute Gasteiger partial charge is 0.253 e. The van der Waals surface area contributed by atoms with E-state index in [0.29, 0.717) is 46.9 Å². The largest absolute Gasteiger partial charge is 0.496 e. The summed E-state index contributed by atoms with van der Waals surface area (Å²) in [5, 5.41) is 0. The van der Waals surface area contributed by atoms with E-state index in [-0.39, 0.29) is 30.3 Å². The zero-order chi connectivity index (χ0) is 24.7. The van der Waals surface area contributed by atoms with E-state index in [1.807, 2.05) is 18.2 Å². The van der Waals surface area contributed by atoms with Crippen molar-refractivity contribution >= 4 is 17.5 Å². The number of methoxy groups -OCH3 is 1. The fourth-order valence-electron chi connectivity index (χ4n) is 5.30. The molecule has 5 rings (SSSR count). The molecule has 1 saturated heterocycles. The Balaban J connectivity index is 1.37. The van der Waals surface area contributed by atoms with Crippen LogP contribution in [-0.2, 0) is 9.59 Å². The van der Waals surface area contributed by atoms with Gasteiger partial charge in [-0.2, -0.15) is 0 Å². The van der Waals surface area contributed by atoms with Gasteiger partial charge in [0.15, 0.2) is 11.6 Å². The Bertz CT molecular complexity index is 1300. The number of amides is 1. The topological polar surface area (TPSA) is 89.5 Å². The predicted octanol–water partition coefficient (Wildman–Crippen LogP) is 3.76. The Morgan fingerprint density at radius 2 is 1.69 bits per heavy atom. The minimum Gasteiger partial charge on any atom is -0.496 e. The van der Waals surface area contributed by atoms with Crippen LogP contribution in [0.4, 0.5) is 4.39 Å². The van der Waals surface area contributed by atoms with Crippen LogP contribution < -0.4 is 4.74 Å².